The zero-order valence-corrected chi connectivity index (χ0v) is 21.0. The maximum absolute atomic E-state index is 10.9. The molecule has 0 bridgehead atoms. The minimum atomic E-state index is -3.74. The van der Waals surface area contributed by atoms with E-state index in [-0.39, 0.29) is 6.61 Å². The second kappa shape index (κ2) is 24.1. The summed E-state index contributed by atoms with van der Waals surface area (Å²) in [4.78, 5) is 2.38. The molecule has 0 saturated carbocycles. The van der Waals surface area contributed by atoms with E-state index in [1.807, 2.05) is 0 Å². The van der Waals surface area contributed by atoms with E-state index in [4.69, 9.17) is 0 Å². The van der Waals surface area contributed by atoms with Gasteiger partial charge in [-0.2, -0.15) is 8.42 Å². The molecule has 0 fully saturated rings. The van der Waals surface area contributed by atoms with Crippen molar-refractivity contribution in [1.29, 1.82) is 0 Å². The fourth-order valence-electron chi connectivity index (χ4n) is 3.18. The van der Waals surface area contributed by atoms with Gasteiger partial charge in [0.05, 0.1) is 13.7 Å². The van der Waals surface area contributed by atoms with Crippen molar-refractivity contribution in [2.75, 3.05) is 33.4 Å². The van der Waals surface area contributed by atoms with Gasteiger partial charge in [0, 0.05) is 0 Å². The van der Waals surface area contributed by atoms with E-state index in [0.29, 0.717) is 0 Å². The van der Waals surface area contributed by atoms with Gasteiger partial charge in [0.1, 0.15) is 0 Å². The average molecular weight is 438 g/mol. The van der Waals surface area contributed by atoms with Gasteiger partial charge in [-0.15, -0.1) is 0 Å². The minimum Gasteiger partial charge on any atom is -0.304 e. The average Bonchev–Trinajstić information content (AvgIpc) is 2.72. The largest absolute Gasteiger partial charge is 0.399 e. The van der Waals surface area contributed by atoms with Crippen molar-refractivity contribution in [2.45, 2.75) is 118 Å². The molecule has 0 unspecified atom stereocenters. The summed E-state index contributed by atoms with van der Waals surface area (Å²) in [7, 11) is -2.63. The van der Waals surface area contributed by atoms with Crippen LogP contribution < -0.4 is 0 Å². The predicted octanol–water partition coefficient (Wildman–Crippen LogP) is 6.72. The highest BCUT2D eigenvalue weighted by Crippen LogP contribution is 2.13. The van der Waals surface area contributed by atoms with Crippen LogP contribution in [0.1, 0.15) is 118 Å². The molecule has 0 rings (SSSR count). The fraction of sp³-hybridized carbons (Fsp3) is 1.00. The van der Waals surface area contributed by atoms with E-state index in [2.05, 4.69) is 41.0 Å². The first kappa shape index (κ1) is 31.0. The molecule has 0 aliphatic heterocycles. The Morgan fingerprint density at radius 2 is 0.931 bits per heavy atom. The van der Waals surface area contributed by atoms with Crippen LogP contribution in [0, 0.1) is 0 Å². The van der Waals surface area contributed by atoms with Crippen LogP contribution in [0.25, 0.3) is 0 Å². The first-order valence-electron chi connectivity index (χ1n) is 12.1. The normalized spacial score (nSPS) is 11.5. The van der Waals surface area contributed by atoms with Gasteiger partial charge in [0.2, 0.25) is 0 Å². The van der Waals surface area contributed by atoms with Crippen LogP contribution in [-0.4, -0.2) is 46.7 Å². The van der Waals surface area contributed by atoms with E-state index in [0.717, 1.165) is 26.4 Å². The maximum atomic E-state index is 10.9. The lowest BCUT2D eigenvalue weighted by atomic mass is 10.0. The number of rotatable bonds is 20. The van der Waals surface area contributed by atoms with Gasteiger partial charge < -0.3 is 4.90 Å². The standard InChI is InChI=1S/C17H36O4S.C6H15N/c1-3-4-5-6-7-8-9-10-11-12-13-14-15-16-17-21-22(18,19)20-2;1-4-7(5-2)6-3/h3-17H2,1-2H3;4-6H2,1-3H3. The van der Waals surface area contributed by atoms with Gasteiger partial charge in [-0.05, 0) is 26.1 Å². The van der Waals surface area contributed by atoms with E-state index >= 15 is 0 Å². The van der Waals surface area contributed by atoms with Gasteiger partial charge in [-0.3, -0.25) is 4.18 Å². The molecule has 0 aliphatic carbocycles. The first-order chi connectivity index (χ1) is 14.0. The van der Waals surface area contributed by atoms with Crippen LogP contribution in [-0.2, 0) is 18.8 Å². The quantitative estimate of drug-likeness (QED) is 0.198. The molecule has 0 saturated heterocycles. The Bertz CT molecular complexity index is 392. The molecule has 0 aromatic rings. The van der Waals surface area contributed by atoms with Crippen LogP contribution in [0.15, 0.2) is 0 Å². The summed E-state index contributed by atoms with van der Waals surface area (Å²) in [5.74, 6) is 0. The molecule has 0 heterocycles. The summed E-state index contributed by atoms with van der Waals surface area (Å²) in [6.45, 7) is 12.6. The minimum absolute atomic E-state index is 0.230. The molecule has 0 aromatic heterocycles. The smallest absolute Gasteiger partial charge is 0.304 e. The van der Waals surface area contributed by atoms with Crippen LogP contribution in [0.3, 0.4) is 0 Å². The molecule has 0 radical (unpaired) electrons. The van der Waals surface area contributed by atoms with Crippen molar-refractivity contribution in [1.82, 2.24) is 4.90 Å². The van der Waals surface area contributed by atoms with Gasteiger partial charge >= 0.3 is 10.4 Å². The second-order valence-electron chi connectivity index (χ2n) is 7.61. The van der Waals surface area contributed by atoms with Crippen molar-refractivity contribution in [3.05, 3.63) is 0 Å². The summed E-state index contributed by atoms with van der Waals surface area (Å²) in [5, 5.41) is 0. The monoisotopic (exact) mass is 437 g/mol. The molecule has 6 heteroatoms. The molecule has 5 nitrogen and oxygen atoms in total. The van der Waals surface area contributed by atoms with Crippen LogP contribution in [0.4, 0.5) is 0 Å². The summed E-state index contributed by atoms with van der Waals surface area (Å²) < 4.78 is 30.6. The molecule has 0 aliphatic rings. The molecule has 0 spiro atoms. The van der Waals surface area contributed by atoms with Crippen molar-refractivity contribution >= 4 is 10.4 Å². The highest BCUT2D eigenvalue weighted by Gasteiger charge is 2.07. The Hall–Kier alpha value is -0.170. The maximum Gasteiger partial charge on any atom is 0.399 e. The highest BCUT2D eigenvalue weighted by atomic mass is 32.3. The van der Waals surface area contributed by atoms with E-state index in [1.54, 1.807) is 0 Å². The zero-order chi connectivity index (χ0) is 22.2. The third kappa shape index (κ3) is 25.8. The Morgan fingerprint density at radius 1 is 0.586 bits per heavy atom. The van der Waals surface area contributed by atoms with Gasteiger partial charge in [-0.25, -0.2) is 4.18 Å². The SMILES string of the molecule is CCCCCCCCCCCCCCCCOS(=O)(=O)OC.CCN(CC)CC. The third-order valence-corrected chi connectivity index (χ3v) is 6.13. The topological polar surface area (TPSA) is 55.8 Å². The van der Waals surface area contributed by atoms with Crippen molar-refractivity contribution in [3.63, 3.8) is 0 Å². The van der Waals surface area contributed by atoms with Crippen LogP contribution in [0.2, 0.25) is 0 Å². The Kier molecular flexibility index (Phi) is 25.8. The molecular formula is C23H51NO4S. The van der Waals surface area contributed by atoms with Crippen LogP contribution in [0.5, 0.6) is 0 Å². The lowest BCUT2D eigenvalue weighted by Crippen LogP contribution is -2.21. The van der Waals surface area contributed by atoms with Crippen molar-refractivity contribution in [2.24, 2.45) is 0 Å². The third-order valence-electron chi connectivity index (χ3n) is 5.27. The molecule has 0 atom stereocenters. The molecular weight excluding hydrogens is 386 g/mol. The number of hydrogen-bond donors (Lipinski definition) is 0. The molecule has 0 amide bonds. The molecule has 29 heavy (non-hydrogen) atoms. The lowest BCUT2D eigenvalue weighted by molar-refractivity contribution is 0.238. The molecule has 178 valence electrons. The first-order valence-corrected chi connectivity index (χ1v) is 13.5. The summed E-state index contributed by atoms with van der Waals surface area (Å²) in [5.41, 5.74) is 0. The summed E-state index contributed by atoms with van der Waals surface area (Å²) in [6, 6.07) is 0. The molecule has 0 N–H and O–H groups in total. The van der Waals surface area contributed by atoms with E-state index < -0.39 is 10.4 Å². The van der Waals surface area contributed by atoms with Gasteiger partial charge in [0.15, 0.2) is 0 Å². The second-order valence-corrected chi connectivity index (χ2v) is 9.00. The summed E-state index contributed by atoms with van der Waals surface area (Å²) in [6.07, 6.45) is 17.9. The Balaban J connectivity index is 0. The Labute approximate surface area is 183 Å². The highest BCUT2D eigenvalue weighted by molar-refractivity contribution is 7.81. The zero-order valence-electron chi connectivity index (χ0n) is 20.2. The van der Waals surface area contributed by atoms with E-state index in [9.17, 15) is 8.42 Å². The summed E-state index contributed by atoms with van der Waals surface area (Å²) >= 11 is 0. The van der Waals surface area contributed by atoms with Gasteiger partial charge in [-0.1, -0.05) is 111 Å². The number of hydrogen-bond acceptors (Lipinski definition) is 5. The molecule has 0 aromatic carbocycles. The van der Waals surface area contributed by atoms with Crippen molar-refractivity contribution < 1.29 is 16.8 Å². The number of unbranched alkanes of at least 4 members (excludes halogenated alkanes) is 13. The Morgan fingerprint density at radius 3 is 1.21 bits per heavy atom. The fourth-order valence-corrected chi connectivity index (χ4v) is 3.59. The van der Waals surface area contributed by atoms with Crippen molar-refractivity contribution in [3.8, 4) is 0 Å². The predicted molar refractivity (Wildman–Crippen MR) is 126 cm³/mol. The van der Waals surface area contributed by atoms with Crippen LogP contribution >= 0.6 is 0 Å². The number of nitrogens with zero attached hydrogens (tertiary/aromatic N) is 1. The van der Waals surface area contributed by atoms with Gasteiger partial charge in [0.25, 0.3) is 0 Å². The van der Waals surface area contributed by atoms with E-state index in [1.165, 1.54) is 90.3 Å². The lowest BCUT2D eigenvalue weighted by Gasteiger charge is -2.13.